The summed E-state index contributed by atoms with van der Waals surface area (Å²) in [6.07, 6.45) is -3.47. The molecule has 16 heavy (non-hydrogen) atoms. The van der Waals surface area contributed by atoms with Crippen molar-refractivity contribution in [3.05, 3.63) is 23.0 Å². The molecule has 1 heterocycles. The van der Waals surface area contributed by atoms with Crippen molar-refractivity contribution in [3.8, 4) is 5.75 Å². The van der Waals surface area contributed by atoms with E-state index in [1.165, 1.54) is 0 Å². The lowest BCUT2D eigenvalue weighted by atomic mass is 10.1. The van der Waals surface area contributed by atoms with Crippen molar-refractivity contribution in [2.75, 3.05) is 0 Å². The molecule has 0 radical (unpaired) electrons. The molecule has 1 aromatic heterocycles. The maximum absolute atomic E-state index is 12.5. The lowest BCUT2D eigenvalue weighted by Crippen LogP contribution is -2.09. The predicted molar refractivity (Wildman–Crippen MR) is 50.1 cm³/mol. The number of hydrogen-bond acceptors (Lipinski definition) is 4. The second-order valence-corrected chi connectivity index (χ2v) is 3.07. The third-order valence-corrected chi connectivity index (χ3v) is 1.94. The second kappa shape index (κ2) is 4.84. The number of nitrogens with two attached hydrogens (primary N) is 1. The molecule has 0 aliphatic heterocycles. The van der Waals surface area contributed by atoms with Gasteiger partial charge in [0.05, 0.1) is 12.1 Å². The standard InChI is InChI=1S/C9H10F2N2O3/c10-9(11)8-4(3-12)1-6(14)5(13-8)2-7(15)16/h1,9,14H,2-3,12H2,(H,15,16). The van der Waals surface area contributed by atoms with Gasteiger partial charge in [-0.05, 0) is 11.6 Å². The molecular formula is C9H10F2N2O3. The summed E-state index contributed by atoms with van der Waals surface area (Å²) >= 11 is 0. The summed E-state index contributed by atoms with van der Waals surface area (Å²) < 4.78 is 25.0. The Morgan fingerprint density at radius 3 is 2.62 bits per heavy atom. The fourth-order valence-electron chi connectivity index (χ4n) is 1.22. The van der Waals surface area contributed by atoms with Gasteiger partial charge in [0.15, 0.2) is 0 Å². The molecule has 0 saturated heterocycles. The van der Waals surface area contributed by atoms with Crippen molar-refractivity contribution in [1.82, 2.24) is 4.98 Å². The van der Waals surface area contributed by atoms with E-state index in [4.69, 9.17) is 10.8 Å². The smallest absolute Gasteiger partial charge is 0.309 e. The molecule has 5 nitrogen and oxygen atoms in total. The van der Waals surface area contributed by atoms with Gasteiger partial charge in [-0.1, -0.05) is 0 Å². The SMILES string of the molecule is NCc1cc(O)c(CC(=O)O)nc1C(F)F. The lowest BCUT2D eigenvalue weighted by molar-refractivity contribution is -0.136. The number of carboxylic acid groups (broad SMARTS) is 1. The number of carbonyl (C=O) groups is 1. The number of halogens is 2. The van der Waals surface area contributed by atoms with Crippen LogP contribution in [0.3, 0.4) is 0 Å². The van der Waals surface area contributed by atoms with E-state index in [0.717, 1.165) is 6.07 Å². The molecular weight excluding hydrogens is 222 g/mol. The Morgan fingerprint density at radius 2 is 2.19 bits per heavy atom. The Hall–Kier alpha value is -1.76. The largest absolute Gasteiger partial charge is 0.506 e. The van der Waals surface area contributed by atoms with Crippen LogP contribution in [0, 0.1) is 0 Å². The molecule has 0 saturated carbocycles. The minimum absolute atomic E-state index is 0.00152. The Morgan fingerprint density at radius 1 is 1.56 bits per heavy atom. The minimum atomic E-state index is -2.85. The molecule has 0 unspecified atom stereocenters. The highest BCUT2D eigenvalue weighted by Crippen LogP contribution is 2.26. The highest BCUT2D eigenvalue weighted by Gasteiger charge is 2.18. The van der Waals surface area contributed by atoms with Crippen LogP contribution >= 0.6 is 0 Å². The van der Waals surface area contributed by atoms with E-state index in [1.54, 1.807) is 0 Å². The Kier molecular flexibility index (Phi) is 3.73. The highest BCUT2D eigenvalue weighted by molar-refractivity contribution is 5.70. The van der Waals surface area contributed by atoms with E-state index >= 15 is 0 Å². The lowest BCUT2D eigenvalue weighted by Gasteiger charge is -2.09. The number of nitrogens with zero attached hydrogens (tertiary/aromatic N) is 1. The molecule has 0 bridgehead atoms. The monoisotopic (exact) mass is 232 g/mol. The number of aliphatic carboxylic acids is 1. The van der Waals surface area contributed by atoms with Crippen molar-refractivity contribution >= 4 is 5.97 Å². The minimum Gasteiger partial charge on any atom is -0.506 e. The molecule has 1 rings (SSSR count). The van der Waals surface area contributed by atoms with E-state index in [0.29, 0.717) is 0 Å². The van der Waals surface area contributed by atoms with Gasteiger partial charge in [0.1, 0.15) is 11.4 Å². The third kappa shape index (κ3) is 2.63. The maximum Gasteiger partial charge on any atom is 0.309 e. The maximum atomic E-state index is 12.5. The van der Waals surface area contributed by atoms with Gasteiger partial charge in [-0.3, -0.25) is 4.79 Å². The molecule has 0 aromatic carbocycles. The third-order valence-electron chi connectivity index (χ3n) is 1.94. The normalized spacial score (nSPS) is 10.8. The van der Waals surface area contributed by atoms with E-state index in [-0.39, 0.29) is 17.8 Å². The molecule has 7 heteroatoms. The molecule has 0 amide bonds. The molecule has 0 spiro atoms. The summed E-state index contributed by atoms with van der Waals surface area (Å²) in [7, 11) is 0. The van der Waals surface area contributed by atoms with Gasteiger partial charge in [-0.2, -0.15) is 0 Å². The van der Waals surface area contributed by atoms with Crippen molar-refractivity contribution < 1.29 is 23.8 Å². The summed E-state index contributed by atoms with van der Waals surface area (Å²) in [5.41, 5.74) is 4.33. The van der Waals surface area contributed by atoms with E-state index in [1.807, 2.05) is 0 Å². The molecule has 1 aromatic rings. The summed E-state index contributed by atoms with van der Waals surface area (Å²) in [5, 5.41) is 17.8. The zero-order chi connectivity index (χ0) is 12.3. The quantitative estimate of drug-likeness (QED) is 0.713. The number of rotatable bonds is 4. The zero-order valence-electron chi connectivity index (χ0n) is 8.15. The van der Waals surface area contributed by atoms with Gasteiger partial charge >= 0.3 is 5.97 Å². The van der Waals surface area contributed by atoms with Crippen LogP contribution in [-0.2, 0) is 17.8 Å². The van der Waals surface area contributed by atoms with Crippen molar-refractivity contribution in [1.29, 1.82) is 0 Å². The second-order valence-electron chi connectivity index (χ2n) is 3.07. The van der Waals surface area contributed by atoms with Crippen LogP contribution in [-0.4, -0.2) is 21.2 Å². The van der Waals surface area contributed by atoms with Gasteiger partial charge < -0.3 is 15.9 Å². The van der Waals surface area contributed by atoms with Crippen molar-refractivity contribution in [2.24, 2.45) is 5.73 Å². The van der Waals surface area contributed by atoms with Crippen LogP contribution in [0.1, 0.15) is 23.4 Å². The van der Waals surface area contributed by atoms with Gasteiger partial charge in [0, 0.05) is 6.54 Å². The predicted octanol–water partition coefficient (Wildman–Crippen LogP) is 0.811. The molecule has 4 N–H and O–H groups in total. The highest BCUT2D eigenvalue weighted by atomic mass is 19.3. The average molecular weight is 232 g/mol. The topological polar surface area (TPSA) is 96.4 Å². The van der Waals surface area contributed by atoms with Crippen molar-refractivity contribution in [3.63, 3.8) is 0 Å². The summed E-state index contributed by atoms with van der Waals surface area (Å²) in [6.45, 7) is -0.201. The number of carboxylic acids is 1. The molecule has 0 aliphatic carbocycles. The van der Waals surface area contributed by atoms with Crippen molar-refractivity contribution in [2.45, 2.75) is 19.4 Å². The van der Waals surface area contributed by atoms with Gasteiger partial charge in [0.25, 0.3) is 6.43 Å². The first kappa shape index (κ1) is 12.3. The van der Waals surface area contributed by atoms with Gasteiger partial charge in [0.2, 0.25) is 0 Å². The van der Waals surface area contributed by atoms with Crippen LogP contribution in [0.25, 0.3) is 0 Å². The first-order valence-electron chi connectivity index (χ1n) is 4.37. The summed E-state index contributed by atoms with van der Waals surface area (Å²) in [6, 6.07) is 1.02. The molecule has 0 atom stereocenters. The number of hydrogen-bond donors (Lipinski definition) is 3. The van der Waals surface area contributed by atoms with Gasteiger partial charge in [-0.25, -0.2) is 13.8 Å². The van der Waals surface area contributed by atoms with Crippen LogP contribution in [0.4, 0.5) is 8.78 Å². The van der Waals surface area contributed by atoms with Gasteiger partial charge in [-0.15, -0.1) is 0 Å². The van der Waals surface area contributed by atoms with Crippen LogP contribution in [0.15, 0.2) is 6.07 Å². The first-order chi connectivity index (χ1) is 7.45. The fourth-order valence-corrected chi connectivity index (χ4v) is 1.22. The fraction of sp³-hybridized carbons (Fsp3) is 0.333. The molecule has 0 aliphatic rings. The number of aromatic hydroxyl groups is 1. The van der Waals surface area contributed by atoms with E-state index in [2.05, 4.69) is 4.98 Å². The number of alkyl halides is 2. The number of aromatic nitrogens is 1. The Labute approximate surface area is 89.5 Å². The summed E-state index contributed by atoms with van der Waals surface area (Å²) in [4.78, 5) is 13.8. The zero-order valence-corrected chi connectivity index (χ0v) is 8.15. The first-order valence-corrected chi connectivity index (χ1v) is 4.37. The van der Waals surface area contributed by atoms with E-state index < -0.39 is 30.3 Å². The van der Waals surface area contributed by atoms with Crippen LogP contribution < -0.4 is 5.73 Å². The molecule has 88 valence electrons. The summed E-state index contributed by atoms with van der Waals surface area (Å²) in [5.74, 6) is -1.70. The Balaban J connectivity index is 3.21. The van der Waals surface area contributed by atoms with Crippen LogP contribution in [0.5, 0.6) is 5.75 Å². The van der Waals surface area contributed by atoms with Crippen LogP contribution in [0.2, 0.25) is 0 Å². The molecule has 0 fully saturated rings. The average Bonchev–Trinajstić information content (AvgIpc) is 2.19. The number of pyridine rings is 1. The Bertz CT molecular complexity index is 410. The van der Waals surface area contributed by atoms with E-state index in [9.17, 15) is 18.7 Å².